The molecule has 0 aromatic heterocycles. The highest BCUT2D eigenvalue weighted by molar-refractivity contribution is 5.92. The van der Waals surface area contributed by atoms with Crippen molar-refractivity contribution >= 4 is 11.6 Å². The van der Waals surface area contributed by atoms with Crippen molar-refractivity contribution in [3.63, 3.8) is 0 Å². The Bertz CT molecular complexity index is 625. The maximum atomic E-state index is 6.24. The van der Waals surface area contributed by atoms with Crippen LogP contribution in [0, 0.1) is 13.8 Å². The summed E-state index contributed by atoms with van der Waals surface area (Å²) in [5.74, 6) is 0.531. The van der Waals surface area contributed by atoms with E-state index in [-0.39, 0.29) is 5.54 Å². The predicted octanol–water partition coefficient (Wildman–Crippen LogP) is 2.98. The van der Waals surface area contributed by atoms with Gasteiger partial charge in [-0.2, -0.15) is 0 Å². The molecule has 3 rings (SSSR count). The van der Waals surface area contributed by atoms with Gasteiger partial charge in [-0.1, -0.05) is 12.5 Å². The molecule has 0 amide bonds. The zero-order valence-corrected chi connectivity index (χ0v) is 16.7. The molecule has 1 aromatic rings. The van der Waals surface area contributed by atoms with Crippen molar-refractivity contribution < 1.29 is 0 Å². The van der Waals surface area contributed by atoms with Crippen LogP contribution in [0.2, 0.25) is 0 Å². The van der Waals surface area contributed by atoms with Gasteiger partial charge in [0.25, 0.3) is 0 Å². The van der Waals surface area contributed by atoms with Gasteiger partial charge in [0.2, 0.25) is 0 Å². The number of rotatable bonds is 4. The Labute approximate surface area is 158 Å². The van der Waals surface area contributed by atoms with E-state index in [1.807, 2.05) is 0 Å². The highest BCUT2D eigenvalue weighted by Gasteiger charge is 2.39. The molecule has 1 aromatic carbocycles. The van der Waals surface area contributed by atoms with Gasteiger partial charge in [0, 0.05) is 11.2 Å². The van der Waals surface area contributed by atoms with E-state index in [0.29, 0.717) is 5.96 Å². The first-order valence-electron chi connectivity index (χ1n) is 10.1. The van der Waals surface area contributed by atoms with Crippen molar-refractivity contribution in [3.8, 4) is 0 Å². The van der Waals surface area contributed by atoms with Crippen LogP contribution in [0.3, 0.4) is 0 Å². The Morgan fingerprint density at radius 1 is 1.08 bits per heavy atom. The first-order chi connectivity index (χ1) is 12.5. The molecule has 0 bridgehead atoms. The molecule has 2 aliphatic rings. The van der Waals surface area contributed by atoms with Crippen molar-refractivity contribution in [1.29, 1.82) is 0 Å². The van der Waals surface area contributed by atoms with Crippen LogP contribution in [0.25, 0.3) is 0 Å². The smallest absolute Gasteiger partial charge is 0.193 e. The summed E-state index contributed by atoms with van der Waals surface area (Å²) < 4.78 is 0. The molecule has 5 heteroatoms. The largest absolute Gasteiger partial charge is 0.370 e. The number of likely N-dealkylation sites (tertiary alicyclic amines) is 2. The summed E-state index contributed by atoms with van der Waals surface area (Å²) in [5.41, 5.74) is 10.00. The van der Waals surface area contributed by atoms with Gasteiger partial charge in [0.05, 0.1) is 6.54 Å². The van der Waals surface area contributed by atoms with Crippen molar-refractivity contribution in [1.82, 2.24) is 9.80 Å². The second kappa shape index (κ2) is 8.40. The van der Waals surface area contributed by atoms with E-state index in [0.717, 1.165) is 25.3 Å². The van der Waals surface area contributed by atoms with Crippen LogP contribution in [0.15, 0.2) is 23.2 Å². The number of aliphatic imine (C=N–C) groups is 1. The molecule has 2 aliphatic heterocycles. The van der Waals surface area contributed by atoms with Gasteiger partial charge in [0.1, 0.15) is 0 Å². The number of nitrogens with two attached hydrogens (primary N) is 1. The molecule has 26 heavy (non-hydrogen) atoms. The first-order valence-corrected chi connectivity index (χ1v) is 10.1. The molecule has 0 spiro atoms. The van der Waals surface area contributed by atoms with E-state index >= 15 is 0 Å². The first kappa shape index (κ1) is 19.2. The van der Waals surface area contributed by atoms with Crippen LogP contribution in [0.5, 0.6) is 0 Å². The lowest BCUT2D eigenvalue weighted by molar-refractivity contribution is 0.0209. The average molecular weight is 358 g/mol. The summed E-state index contributed by atoms with van der Waals surface area (Å²) in [6.07, 6.45) is 6.37. The van der Waals surface area contributed by atoms with Gasteiger partial charge in [0.15, 0.2) is 5.96 Å². The summed E-state index contributed by atoms with van der Waals surface area (Å²) >= 11 is 0. The van der Waals surface area contributed by atoms with E-state index in [9.17, 15) is 0 Å². The van der Waals surface area contributed by atoms with Crippen LogP contribution in [-0.4, -0.2) is 61.1 Å². The van der Waals surface area contributed by atoms with E-state index in [1.54, 1.807) is 0 Å². The molecule has 2 saturated heterocycles. The second-order valence-electron chi connectivity index (χ2n) is 8.20. The van der Waals surface area contributed by atoms with E-state index in [1.165, 1.54) is 56.3 Å². The van der Waals surface area contributed by atoms with E-state index in [2.05, 4.69) is 54.2 Å². The molecule has 2 fully saturated rings. The van der Waals surface area contributed by atoms with Gasteiger partial charge in [-0.25, -0.2) is 0 Å². The molecular weight excluding hydrogens is 322 g/mol. The highest BCUT2D eigenvalue weighted by Crippen LogP contribution is 2.31. The lowest BCUT2D eigenvalue weighted by Crippen LogP contribution is -2.58. The Kier molecular flexibility index (Phi) is 6.20. The number of guanidine groups is 1. The number of nitrogens with one attached hydrogen (secondary N) is 1. The van der Waals surface area contributed by atoms with Crippen molar-refractivity contribution in [3.05, 3.63) is 29.3 Å². The lowest BCUT2D eigenvalue weighted by atomic mass is 9.84. The fourth-order valence-electron chi connectivity index (χ4n) is 4.22. The SMILES string of the molecule is Cc1ccc(NC(N)=NCC2(N3CCCCC3)CCN(C)CC2)cc1C. The van der Waals surface area contributed by atoms with E-state index in [4.69, 9.17) is 10.7 Å². The Morgan fingerprint density at radius 3 is 2.42 bits per heavy atom. The predicted molar refractivity (Wildman–Crippen MR) is 111 cm³/mol. The number of hydrogen-bond acceptors (Lipinski definition) is 3. The third kappa shape index (κ3) is 4.57. The molecule has 0 aliphatic carbocycles. The van der Waals surface area contributed by atoms with Crippen molar-refractivity contribution in [2.24, 2.45) is 10.7 Å². The normalized spacial score (nSPS) is 22.3. The number of nitrogens with zero attached hydrogens (tertiary/aromatic N) is 3. The highest BCUT2D eigenvalue weighted by atomic mass is 15.3. The third-order valence-electron chi connectivity index (χ3n) is 6.27. The Hall–Kier alpha value is -1.59. The molecule has 144 valence electrons. The zero-order valence-electron chi connectivity index (χ0n) is 16.7. The van der Waals surface area contributed by atoms with Gasteiger partial charge < -0.3 is 16.0 Å². The number of anilines is 1. The van der Waals surface area contributed by atoms with Crippen LogP contribution in [0.1, 0.15) is 43.2 Å². The van der Waals surface area contributed by atoms with Crippen LogP contribution >= 0.6 is 0 Å². The maximum absolute atomic E-state index is 6.24. The fraction of sp³-hybridized carbons (Fsp3) is 0.667. The summed E-state index contributed by atoms with van der Waals surface area (Å²) in [7, 11) is 2.22. The van der Waals surface area contributed by atoms with Gasteiger partial charge >= 0.3 is 0 Å². The topological polar surface area (TPSA) is 56.9 Å². The average Bonchev–Trinajstić information content (AvgIpc) is 2.65. The summed E-state index contributed by atoms with van der Waals surface area (Å²) in [4.78, 5) is 9.93. The zero-order chi connectivity index (χ0) is 18.6. The summed E-state index contributed by atoms with van der Waals surface area (Å²) in [6.45, 7) is 9.77. The minimum absolute atomic E-state index is 0.183. The standard InChI is InChI=1S/C21H35N5/c1-17-7-8-19(15-18(17)2)24-20(22)23-16-21(9-13-25(3)14-10-21)26-11-5-4-6-12-26/h7-8,15H,4-6,9-14,16H2,1-3H3,(H3,22,23,24). The third-order valence-corrected chi connectivity index (χ3v) is 6.27. The number of benzene rings is 1. The molecule has 0 unspecified atom stereocenters. The number of aryl methyl sites for hydroxylation is 2. The molecule has 3 N–H and O–H groups in total. The minimum atomic E-state index is 0.183. The van der Waals surface area contributed by atoms with Crippen molar-refractivity contribution in [2.75, 3.05) is 45.1 Å². The van der Waals surface area contributed by atoms with Crippen LogP contribution < -0.4 is 11.1 Å². The molecule has 0 saturated carbocycles. The summed E-state index contributed by atoms with van der Waals surface area (Å²) in [5, 5.41) is 3.28. The molecule has 0 radical (unpaired) electrons. The Balaban J connectivity index is 1.69. The van der Waals surface area contributed by atoms with Crippen LogP contribution in [0.4, 0.5) is 5.69 Å². The number of hydrogen-bond donors (Lipinski definition) is 2. The molecule has 2 heterocycles. The monoisotopic (exact) mass is 357 g/mol. The lowest BCUT2D eigenvalue weighted by Gasteiger charge is -2.49. The summed E-state index contributed by atoms with van der Waals surface area (Å²) in [6, 6.07) is 6.32. The van der Waals surface area contributed by atoms with E-state index < -0.39 is 0 Å². The fourth-order valence-corrected chi connectivity index (χ4v) is 4.22. The molecule has 0 atom stereocenters. The van der Waals surface area contributed by atoms with Crippen molar-refractivity contribution in [2.45, 2.75) is 51.5 Å². The Morgan fingerprint density at radius 2 is 1.77 bits per heavy atom. The maximum Gasteiger partial charge on any atom is 0.193 e. The molecule has 5 nitrogen and oxygen atoms in total. The van der Waals surface area contributed by atoms with Gasteiger partial charge in [-0.15, -0.1) is 0 Å². The van der Waals surface area contributed by atoms with Gasteiger partial charge in [-0.05, 0) is 96.0 Å². The van der Waals surface area contributed by atoms with Crippen LogP contribution in [-0.2, 0) is 0 Å². The quantitative estimate of drug-likeness (QED) is 0.642. The second-order valence-corrected chi connectivity index (χ2v) is 8.20. The molecular formula is C21H35N5. The number of piperidine rings is 2. The van der Waals surface area contributed by atoms with Gasteiger partial charge in [-0.3, -0.25) is 9.89 Å². The minimum Gasteiger partial charge on any atom is -0.370 e.